The standard InChI is InChI=1S/C5H8N2O3/c6-3(5(7)10)1-2-4(8)9/h1H,2,6H2,(H2,7,10)(H,8,9)/b3-1+. The fraction of sp³-hybridized carbons (Fsp3) is 0.200. The van der Waals surface area contributed by atoms with Crippen LogP contribution in [-0.4, -0.2) is 17.0 Å². The number of carbonyl (C=O) groups excluding carboxylic acids is 1. The first-order valence-corrected chi connectivity index (χ1v) is 2.51. The minimum Gasteiger partial charge on any atom is -0.481 e. The third kappa shape index (κ3) is 3.48. The maximum Gasteiger partial charge on any atom is 0.307 e. The van der Waals surface area contributed by atoms with Gasteiger partial charge in [-0.2, -0.15) is 0 Å². The highest BCUT2D eigenvalue weighted by Crippen LogP contribution is 1.86. The fourth-order valence-corrected chi connectivity index (χ4v) is 0.298. The van der Waals surface area contributed by atoms with E-state index in [1.165, 1.54) is 0 Å². The van der Waals surface area contributed by atoms with E-state index in [1.807, 2.05) is 0 Å². The number of nitrogens with two attached hydrogens (primary N) is 2. The second-order valence-electron chi connectivity index (χ2n) is 1.62. The van der Waals surface area contributed by atoms with E-state index in [-0.39, 0.29) is 12.1 Å². The highest BCUT2D eigenvalue weighted by Gasteiger charge is 1.98. The number of hydrogen-bond acceptors (Lipinski definition) is 3. The zero-order chi connectivity index (χ0) is 8.15. The van der Waals surface area contributed by atoms with Crippen LogP contribution in [0, 0.1) is 0 Å². The Morgan fingerprint density at radius 1 is 1.40 bits per heavy atom. The average Bonchev–Trinajstić information content (AvgIpc) is 1.82. The minimum absolute atomic E-state index is 0.220. The maximum absolute atomic E-state index is 10.1. The summed E-state index contributed by atoms with van der Waals surface area (Å²) in [6.45, 7) is 0. The summed E-state index contributed by atoms with van der Waals surface area (Å²) >= 11 is 0. The Hall–Kier alpha value is -1.52. The van der Waals surface area contributed by atoms with Gasteiger partial charge in [-0.1, -0.05) is 0 Å². The van der Waals surface area contributed by atoms with Crippen molar-refractivity contribution in [1.29, 1.82) is 0 Å². The van der Waals surface area contributed by atoms with Gasteiger partial charge in [0.1, 0.15) is 0 Å². The largest absolute Gasteiger partial charge is 0.481 e. The maximum atomic E-state index is 10.1. The first-order valence-electron chi connectivity index (χ1n) is 2.51. The van der Waals surface area contributed by atoms with Gasteiger partial charge in [-0.05, 0) is 6.08 Å². The number of carboxylic acids is 1. The topological polar surface area (TPSA) is 106 Å². The molecule has 0 aliphatic carbocycles. The van der Waals surface area contributed by atoms with Crippen molar-refractivity contribution >= 4 is 11.9 Å². The molecule has 0 aromatic rings. The number of rotatable bonds is 3. The van der Waals surface area contributed by atoms with Crippen molar-refractivity contribution in [2.24, 2.45) is 11.5 Å². The molecule has 0 atom stereocenters. The molecule has 5 nitrogen and oxygen atoms in total. The first-order chi connectivity index (χ1) is 4.54. The molecule has 0 aromatic heterocycles. The third-order valence-electron chi connectivity index (χ3n) is 0.781. The highest BCUT2D eigenvalue weighted by molar-refractivity contribution is 5.91. The summed E-state index contributed by atoms with van der Waals surface area (Å²) in [7, 11) is 0. The molecule has 56 valence electrons. The number of carboxylic acid groups (broad SMARTS) is 1. The van der Waals surface area contributed by atoms with Gasteiger partial charge >= 0.3 is 5.97 Å². The van der Waals surface area contributed by atoms with Gasteiger partial charge in [0, 0.05) is 0 Å². The summed E-state index contributed by atoms with van der Waals surface area (Å²) in [5.41, 5.74) is 9.47. The van der Waals surface area contributed by atoms with Gasteiger partial charge in [0.15, 0.2) is 0 Å². The van der Waals surface area contributed by atoms with Gasteiger partial charge in [0.05, 0.1) is 12.1 Å². The predicted octanol–water partition coefficient (Wildman–Crippen LogP) is -1.21. The van der Waals surface area contributed by atoms with Crippen molar-refractivity contribution in [2.75, 3.05) is 0 Å². The number of primary amides is 1. The molecule has 5 heteroatoms. The van der Waals surface area contributed by atoms with Gasteiger partial charge in [-0.25, -0.2) is 0 Å². The molecular formula is C5H8N2O3. The van der Waals surface area contributed by atoms with Gasteiger partial charge < -0.3 is 16.6 Å². The Morgan fingerprint density at radius 3 is 2.20 bits per heavy atom. The van der Waals surface area contributed by atoms with Crippen LogP contribution in [0.15, 0.2) is 11.8 Å². The smallest absolute Gasteiger partial charge is 0.307 e. The lowest BCUT2D eigenvalue weighted by Gasteiger charge is -1.90. The average molecular weight is 144 g/mol. The van der Waals surface area contributed by atoms with Crippen LogP contribution in [-0.2, 0) is 9.59 Å². The van der Waals surface area contributed by atoms with Crippen LogP contribution in [0.1, 0.15) is 6.42 Å². The number of carbonyl (C=O) groups is 2. The lowest BCUT2D eigenvalue weighted by atomic mass is 10.3. The van der Waals surface area contributed by atoms with E-state index in [1.54, 1.807) is 0 Å². The van der Waals surface area contributed by atoms with Crippen molar-refractivity contribution in [1.82, 2.24) is 0 Å². The van der Waals surface area contributed by atoms with Crippen molar-refractivity contribution in [3.63, 3.8) is 0 Å². The van der Waals surface area contributed by atoms with Crippen molar-refractivity contribution in [2.45, 2.75) is 6.42 Å². The van der Waals surface area contributed by atoms with Gasteiger partial charge in [0.2, 0.25) is 0 Å². The predicted molar refractivity (Wildman–Crippen MR) is 33.7 cm³/mol. The van der Waals surface area contributed by atoms with Crippen LogP contribution < -0.4 is 11.5 Å². The molecule has 0 radical (unpaired) electrons. The van der Waals surface area contributed by atoms with Crippen LogP contribution >= 0.6 is 0 Å². The van der Waals surface area contributed by atoms with Crippen molar-refractivity contribution in [3.05, 3.63) is 11.8 Å². The monoisotopic (exact) mass is 144 g/mol. The van der Waals surface area contributed by atoms with Crippen LogP contribution in [0.2, 0.25) is 0 Å². The van der Waals surface area contributed by atoms with Gasteiger partial charge in [-0.15, -0.1) is 0 Å². The molecule has 0 fully saturated rings. The van der Waals surface area contributed by atoms with E-state index in [9.17, 15) is 9.59 Å². The first kappa shape index (κ1) is 8.48. The molecule has 0 heterocycles. The summed E-state index contributed by atoms with van der Waals surface area (Å²) in [4.78, 5) is 20.0. The molecule has 5 N–H and O–H groups in total. The van der Waals surface area contributed by atoms with E-state index in [2.05, 4.69) is 0 Å². The zero-order valence-corrected chi connectivity index (χ0v) is 5.20. The van der Waals surface area contributed by atoms with Crippen LogP contribution in [0.3, 0.4) is 0 Å². The lowest BCUT2D eigenvalue weighted by Crippen LogP contribution is -2.20. The fourth-order valence-electron chi connectivity index (χ4n) is 0.298. The summed E-state index contributed by atoms with van der Waals surface area (Å²) in [6.07, 6.45) is 0.777. The molecule has 0 aliphatic rings. The molecule has 10 heavy (non-hydrogen) atoms. The Balaban J connectivity index is 3.92. The van der Waals surface area contributed by atoms with Crippen molar-refractivity contribution < 1.29 is 14.7 Å². The summed E-state index contributed by atoms with van der Waals surface area (Å²) < 4.78 is 0. The minimum atomic E-state index is -1.05. The van der Waals surface area contributed by atoms with Crippen molar-refractivity contribution in [3.8, 4) is 0 Å². The van der Waals surface area contributed by atoms with Crippen LogP contribution in [0.5, 0.6) is 0 Å². The van der Waals surface area contributed by atoms with Gasteiger partial charge in [0.25, 0.3) is 5.91 Å². The SMILES string of the molecule is NC(=O)/C(N)=C\CC(=O)O. The Labute approximate surface area is 57.3 Å². The Morgan fingerprint density at radius 2 is 1.90 bits per heavy atom. The molecule has 0 aromatic carbocycles. The van der Waals surface area contributed by atoms with E-state index in [4.69, 9.17) is 16.6 Å². The molecule has 0 saturated carbocycles. The lowest BCUT2D eigenvalue weighted by molar-refractivity contribution is -0.136. The summed E-state index contributed by atoms with van der Waals surface area (Å²) in [5, 5.41) is 8.09. The van der Waals surface area contributed by atoms with E-state index in [0.717, 1.165) is 6.08 Å². The molecule has 0 spiro atoms. The molecule has 0 unspecified atom stereocenters. The summed E-state index contributed by atoms with van der Waals surface area (Å²) in [5.74, 6) is -1.86. The van der Waals surface area contributed by atoms with Gasteiger partial charge in [-0.3, -0.25) is 9.59 Å². The number of hydrogen-bond donors (Lipinski definition) is 3. The second kappa shape index (κ2) is 3.49. The Kier molecular flexibility index (Phi) is 2.96. The van der Waals surface area contributed by atoms with Crippen LogP contribution in [0.4, 0.5) is 0 Å². The molecule has 0 saturated heterocycles. The van der Waals surface area contributed by atoms with E-state index < -0.39 is 11.9 Å². The van der Waals surface area contributed by atoms with Crippen LogP contribution in [0.25, 0.3) is 0 Å². The normalized spacial score (nSPS) is 11.0. The zero-order valence-electron chi connectivity index (χ0n) is 5.20. The number of amides is 1. The second-order valence-corrected chi connectivity index (χ2v) is 1.62. The van der Waals surface area contributed by atoms with E-state index in [0.29, 0.717) is 0 Å². The Bertz CT molecular complexity index is 185. The quantitative estimate of drug-likeness (QED) is 0.432. The highest BCUT2D eigenvalue weighted by atomic mass is 16.4. The number of aliphatic carboxylic acids is 1. The molecule has 0 rings (SSSR count). The van der Waals surface area contributed by atoms with E-state index >= 15 is 0 Å². The molecule has 0 aliphatic heterocycles. The summed E-state index contributed by atoms with van der Waals surface area (Å²) in [6, 6.07) is 0. The molecule has 1 amide bonds. The molecular weight excluding hydrogens is 136 g/mol. The molecule has 0 bridgehead atoms. The third-order valence-corrected chi connectivity index (χ3v) is 0.781.